The van der Waals surface area contributed by atoms with Gasteiger partial charge in [-0.1, -0.05) is 0 Å². The third-order valence-electron chi connectivity index (χ3n) is 2.88. The quantitative estimate of drug-likeness (QED) is 0.443. The number of halogens is 1. The highest BCUT2D eigenvalue weighted by Crippen LogP contribution is 2.33. The van der Waals surface area contributed by atoms with E-state index in [2.05, 4.69) is 37.3 Å². The van der Waals surface area contributed by atoms with E-state index in [9.17, 15) is 0 Å². The van der Waals surface area contributed by atoms with Gasteiger partial charge in [-0.15, -0.1) is 24.0 Å². The number of aliphatic imine (C=N–C) groups is 1. The summed E-state index contributed by atoms with van der Waals surface area (Å²) in [5.74, 6) is 0.539. The van der Waals surface area contributed by atoms with E-state index in [0.717, 1.165) is 32.6 Å². The first-order valence-corrected chi connectivity index (χ1v) is 7.30. The molecule has 1 aliphatic rings. The molecule has 1 rings (SSSR count). The lowest BCUT2D eigenvalue weighted by Gasteiger charge is -2.34. The van der Waals surface area contributed by atoms with Crippen molar-refractivity contribution < 1.29 is 4.74 Å². The van der Waals surface area contributed by atoms with Crippen LogP contribution in [-0.2, 0) is 4.74 Å². The Hall–Kier alpha value is 0.310. The second-order valence-corrected chi connectivity index (χ2v) is 6.85. The van der Waals surface area contributed by atoms with Gasteiger partial charge in [0.25, 0.3) is 0 Å². The summed E-state index contributed by atoms with van der Waals surface area (Å²) < 4.78 is 5.62. The van der Waals surface area contributed by atoms with E-state index in [1.807, 2.05) is 11.8 Å². The average molecular weight is 387 g/mol. The summed E-state index contributed by atoms with van der Waals surface area (Å²) in [4.78, 5) is 4.48. The first kappa shape index (κ1) is 18.3. The van der Waals surface area contributed by atoms with Gasteiger partial charge >= 0.3 is 0 Å². The Labute approximate surface area is 132 Å². The van der Waals surface area contributed by atoms with E-state index in [-0.39, 0.29) is 34.3 Å². The number of rotatable bonds is 3. The van der Waals surface area contributed by atoms with E-state index in [1.165, 1.54) is 0 Å². The van der Waals surface area contributed by atoms with Crippen molar-refractivity contribution in [2.45, 2.75) is 43.9 Å². The molecule has 3 N–H and O–H groups in total. The van der Waals surface area contributed by atoms with Gasteiger partial charge in [0, 0.05) is 23.5 Å². The van der Waals surface area contributed by atoms with Gasteiger partial charge in [0.2, 0.25) is 0 Å². The van der Waals surface area contributed by atoms with E-state index >= 15 is 0 Å². The minimum absolute atomic E-state index is 0. The van der Waals surface area contributed by atoms with Crippen LogP contribution in [0.15, 0.2) is 4.99 Å². The van der Waals surface area contributed by atoms with E-state index < -0.39 is 0 Å². The van der Waals surface area contributed by atoms with Crippen LogP contribution in [0.4, 0.5) is 0 Å². The number of nitrogens with one attached hydrogen (secondary N) is 1. The number of ether oxygens (including phenoxy) is 1. The molecule has 1 aliphatic heterocycles. The Balaban J connectivity index is 0.00000289. The molecule has 0 unspecified atom stereocenters. The summed E-state index contributed by atoms with van der Waals surface area (Å²) in [5, 5.41) is 3.19. The van der Waals surface area contributed by atoms with Crippen LogP contribution >= 0.6 is 35.7 Å². The van der Waals surface area contributed by atoms with Crippen molar-refractivity contribution in [1.29, 1.82) is 0 Å². The molecule has 0 aromatic rings. The first-order valence-electron chi connectivity index (χ1n) is 6.08. The monoisotopic (exact) mass is 387 g/mol. The van der Waals surface area contributed by atoms with Gasteiger partial charge in [0.1, 0.15) is 0 Å². The molecule has 1 saturated heterocycles. The number of hydrogen-bond acceptors (Lipinski definition) is 3. The Kier molecular flexibility index (Phi) is 7.93. The van der Waals surface area contributed by atoms with Crippen molar-refractivity contribution in [3.8, 4) is 0 Å². The molecule has 0 radical (unpaired) electrons. The molecule has 0 amide bonds. The smallest absolute Gasteiger partial charge is 0.189 e. The molecule has 0 atom stereocenters. The van der Waals surface area contributed by atoms with Gasteiger partial charge in [0.05, 0.1) is 6.54 Å². The third kappa shape index (κ3) is 6.47. The molecule has 6 heteroatoms. The highest BCUT2D eigenvalue weighted by Gasteiger charge is 2.31. The number of thioether (sulfide) groups is 1. The molecule has 18 heavy (non-hydrogen) atoms. The van der Waals surface area contributed by atoms with E-state index in [4.69, 9.17) is 10.5 Å². The molecule has 0 aromatic carbocycles. The molecule has 0 spiro atoms. The minimum Gasteiger partial charge on any atom is -0.381 e. The van der Waals surface area contributed by atoms with Crippen LogP contribution in [0.1, 0.15) is 33.6 Å². The fraction of sp³-hybridized carbons (Fsp3) is 0.917. The summed E-state index contributed by atoms with van der Waals surface area (Å²) in [7, 11) is 0. The maximum Gasteiger partial charge on any atom is 0.189 e. The second kappa shape index (κ2) is 7.79. The normalized spacial score (nSPS) is 20.1. The molecule has 108 valence electrons. The number of nitrogens with zero attached hydrogens (tertiary/aromatic N) is 1. The Morgan fingerprint density at radius 1 is 1.39 bits per heavy atom. The predicted molar refractivity (Wildman–Crippen MR) is 91.1 cm³/mol. The zero-order chi connectivity index (χ0) is 12.9. The Morgan fingerprint density at radius 2 is 1.94 bits per heavy atom. The van der Waals surface area contributed by atoms with Crippen LogP contribution in [0.2, 0.25) is 0 Å². The molecule has 1 fully saturated rings. The van der Waals surface area contributed by atoms with Crippen molar-refractivity contribution in [2.75, 3.05) is 26.0 Å². The van der Waals surface area contributed by atoms with Crippen molar-refractivity contribution >= 4 is 41.7 Å². The summed E-state index contributed by atoms with van der Waals surface area (Å²) in [6, 6.07) is 0. The van der Waals surface area contributed by atoms with Crippen molar-refractivity contribution in [1.82, 2.24) is 5.32 Å². The lowest BCUT2D eigenvalue weighted by Crippen LogP contribution is -2.46. The largest absolute Gasteiger partial charge is 0.381 e. The predicted octanol–water partition coefficient (Wildman–Crippen LogP) is 2.22. The minimum atomic E-state index is -0.0320. The van der Waals surface area contributed by atoms with Crippen LogP contribution in [0.25, 0.3) is 0 Å². The SMILES string of the molecule is CSC1(CN=C(N)NC(C)(C)C)CCOCC1.I. The molecule has 1 heterocycles. The second-order valence-electron chi connectivity index (χ2n) is 5.58. The summed E-state index contributed by atoms with van der Waals surface area (Å²) in [6.07, 6.45) is 4.26. The molecule has 4 nitrogen and oxygen atoms in total. The molecule has 0 bridgehead atoms. The first-order chi connectivity index (χ1) is 7.87. The van der Waals surface area contributed by atoms with Crippen LogP contribution in [0.3, 0.4) is 0 Å². The molecule has 0 aromatic heterocycles. The van der Waals surface area contributed by atoms with Gasteiger partial charge < -0.3 is 15.8 Å². The lowest BCUT2D eigenvalue weighted by atomic mass is 9.99. The molecule has 0 saturated carbocycles. The Bertz CT molecular complexity index is 273. The van der Waals surface area contributed by atoms with Gasteiger partial charge in [0.15, 0.2) is 5.96 Å². The maximum absolute atomic E-state index is 5.89. The number of hydrogen-bond donors (Lipinski definition) is 2. The zero-order valence-electron chi connectivity index (χ0n) is 11.8. The van der Waals surface area contributed by atoms with Crippen LogP contribution in [0, 0.1) is 0 Å². The maximum atomic E-state index is 5.89. The van der Waals surface area contributed by atoms with Crippen LogP contribution < -0.4 is 11.1 Å². The van der Waals surface area contributed by atoms with Crippen molar-refractivity contribution in [3.05, 3.63) is 0 Å². The summed E-state index contributed by atoms with van der Waals surface area (Å²) in [6.45, 7) is 8.68. The molecule has 0 aliphatic carbocycles. The van der Waals surface area contributed by atoms with Gasteiger partial charge in [-0.3, -0.25) is 4.99 Å². The fourth-order valence-electron chi connectivity index (χ4n) is 1.82. The van der Waals surface area contributed by atoms with Gasteiger partial charge in [-0.2, -0.15) is 11.8 Å². The topological polar surface area (TPSA) is 59.6 Å². The zero-order valence-corrected chi connectivity index (χ0v) is 14.9. The highest BCUT2D eigenvalue weighted by atomic mass is 127. The Morgan fingerprint density at radius 3 is 2.39 bits per heavy atom. The highest BCUT2D eigenvalue weighted by molar-refractivity contribution is 14.0. The number of guanidine groups is 1. The summed E-state index contributed by atoms with van der Waals surface area (Å²) in [5.41, 5.74) is 5.86. The van der Waals surface area contributed by atoms with E-state index in [0.29, 0.717) is 5.96 Å². The fourth-order valence-corrected chi connectivity index (χ4v) is 2.59. The summed E-state index contributed by atoms with van der Waals surface area (Å²) >= 11 is 1.88. The number of nitrogens with two attached hydrogens (primary N) is 1. The average Bonchev–Trinajstić information content (AvgIpc) is 2.25. The third-order valence-corrected chi connectivity index (χ3v) is 4.28. The van der Waals surface area contributed by atoms with Crippen molar-refractivity contribution in [3.63, 3.8) is 0 Å². The van der Waals surface area contributed by atoms with Gasteiger partial charge in [-0.05, 0) is 39.9 Å². The lowest BCUT2D eigenvalue weighted by molar-refractivity contribution is 0.0794. The molecular formula is C12H26IN3OS. The van der Waals surface area contributed by atoms with E-state index in [1.54, 1.807) is 0 Å². The van der Waals surface area contributed by atoms with Crippen LogP contribution in [-0.4, -0.2) is 42.3 Å². The standard InChI is InChI=1S/C12H25N3OS.HI/c1-11(2,3)15-10(13)14-9-12(17-4)5-7-16-8-6-12;/h5-9H2,1-4H3,(H3,13,14,15);1H. The van der Waals surface area contributed by atoms with Crippen LogP contribution in [0.5, 0.6) is 0 Å². The molecular weight excluding hydrogens is 361 g/mol. The van der Waals surface area contributed by atoms with Gasteiger partial charge in [-0.25, -0.2) is 0 Å². The van der Waals surface area contributed by atoms with Crippen molar-refractivity contribution in [2.24, 2.45) is 10.7 Å².